The van der Waals surface area contributed by atoms with Gasteiger partial charge in [-0.3, -0.25) is 0 Å². The maximum atomic E-state index is 5.94. The van der Waals surface area contributed by atoms with Crippen LogP contribution in [-0.2, 0) is 0 Å². The highest BCUT2D eigenvalue weighted by molar-refractivity contribution is 5.02. The lowest BCUT2D eigenvalue weighted by Gasteiger charge is -2.07. The van der Waals surface area contributed by atoms with E-state index in [9.17, 15) is 0 Å². The van der Waals surface area contributed by atoms with Gasteiger partial charge in [0.05, 0.1) is 0 Å². The van der Waals surface area contributed by atoms with Crippen molar-refractivity contribution in [3.05, 3.63) is 11.7 Å². The predicted molar refractivity (Wildman–Crippen MR) is 69.3 cm³/mol. The topological polar surface area (TPSA) is 64.9 Å². The summed E-state index contributed by atoms with van der Waals surface area (Å²) in [5.74, 6) is 2.72. The van der Waals surface area contributed by atoms with Crippen molar-refractivity contribution >= 4 is 0 Å². The molecular weight excluding hydrogens is 226 g/mol. The molecule has 2 atom stereocenters. The fourth-order valence-corrected chi connectivity index (χ4v) is 3.36. The molecule has 0 spiro atoms. The Morgan fingerprint density at radius 3 is 2.39 bits per heavy atom. The van der Waals surface area contributed by atoms with Crippen molar-refractivity contribution in [3.63, 3.8) is 0 Å². The quantitative estimate of drug-likeness (QED) is 0.818. The summed E-state index contributed by atoms with van der Waals surface area (Å²) in [7, 11) is 0. The zero-order chi connectivity index (χ0) is 12.4. The second-order valence-electron chi connectivity index (χ2n) is 5.95. The molecule has 4 nitrogen and oxygen atoms in total. The minimum absolute atomic E-state index is 0.322. The van der Waals surface area contributed by atoms with Crippen molar-refractivity contribution in [2.24, 2.45) is 5.73 Å². The first-order valence-electron chi connectivity index (χ1n) is 7.42. The summed E-state index contributed by atoms with van der Waals surface area (Å²) in [4.78, 5) is 4.66. The van der Waals surface area contributed by atoms with Crippen LogP contribution in [0.2, 0.25) is 0 Å². The second-order valence-corrected chi connectivity index (χ2v) is 5.95. The third-order valence-electron chi connectivity index (χ3n) is 4.50. The van der Waals surface area contributed by atoms with E-state index in [2.05, 4.69) is 10.1 Å². The third kappa shape index (κ3) is 2.58. The van der Waals surface area contributed by atoms with Crippen LogP contribution in [0.5, 0.6) is 0 Å². The van der Waals surface area contributed by atoms with Gasteiger partial charge in [0, 0.05) is 17.9 Å². The van der Waals surface area contributed by atoms with Crippen LogP contribution in [0, 0.1) is 0 Å². The average molecular weight is 249 g/mol. The average Bonchev–Trinajstić information content (AvgIpc) is 2.92. The van der Waals surface area contributed by atoms with Crippen LogP contribution in [-0.4, -0.2) is 16.2 Å². The molecule has 3 rings (SSSR count). The lowest BCUT2D eigenvalue weighted by molar-refractivity contribution is 0.345. The van der Waals surface area contributed by atoms with E-state index in [-0.39, 0.29) is 0 Å². The van der Waals surface area contributed by atoms with Crippen molar-refractivity contribution in [1.82, 2.24) is 10.1 Å². The maximum Gasteiger partial charge on any atom is 0.229 e. The molecule has 0 amide bonds. The van der Waals surface area contributed by atoms with Crippen molar-refractivity contribution in [2.45, 2.75) is 75.7 Å². The van der Waals surface area contributed by atoms with Gasteiger partial charge in [0.25, 0.3) is 0 Å². The minimum atomic E-state index is 0.322. The van der Waals surface area contributed by atoms with Crippen LogP contribution < -0.4 is 5.73 Å². The first-order chi connectivity index (χ1) is 8.83. The van der Waals surface area contributed by atoms with E-state index in [0.29, 0.717) is 17.9 Å². The first-order valence-corrected chi connectivity index (χ1v) is 7.42. The molecule has 2 aliphatic carbocycles. The Hall–Kier alpha value is -0.900. The predicted octanol–water partition coefficient (Wildman–Crippen LogP) is 3.10. The summed E-state index contributed by atoms with van der Waals surface area (Å²) >= 11 is 0. The van der Waals surface area contributed by atoms with E-state index in [4.69, 9.17) is 10.3 Å². The summed E-state index contributed by atoms with van der Waals surface area (Å²) in [5, 5.41) is 4.22. The first kappa shape index (κ1) is 12.2. The minimum Gasteiger partial charge on any atom is -0.339 e. The fourth-order valence-electron chi connectivity index (χ4n) is 3.36. The molecule has 2 saturated carbocycles. The zero-order valence-electron chi connectivity index (χ0n) is 11.0. The number of nitrogens with two attached hydrogens (primary N) is 1. The molecule has 2 aliphatic rings. The van der Waals surface area contributed by atoms with Crippen molar-refractivity contribution < 1.29 is 4.52 Å². The molecule has 0 radical (unpaired) electrons. The molecule has 0 aromatic carbocycles. The smallest absolute Gasteiger partial charge is 0.229 e. The van der Waals surface area contributed by atoms with E-state index in [0.717, 1.165) is 31.0 Å². The molecule has 1 aromatic heterocycles. The van der Waals surface area contributed by atoms with Gasteiger partial charge in [-0.05, 0) is 32.1 Å². The van der Waals surface area contributed by atoms with Gasteiger partial charge >= 0.3 is 0 Å². The highest BCUT2D eigenvalue weighted by Gasteiger charge is 2.29. The standard InChI is InChI=1S/C14H23N3O/c15-12-8-7-11(9-12)14-16-13(17-18-14)10-5-3-1-2-4-6-10/h10-12H,1-9,15H2/t11-,12+/m1/s1. The highest BCUT2D eigenvalue weighted by Crippen LogP contribution is 2.35. The zero-order valence-corrected chi connectivity index (χ0v) is 11.0. The third-order valence-corrected chi connectivity index (χ3v) is 4.50. The molecule has 0 bridgehead atoms. The highest BCUT2D eigenvalue weighted by atomic mass is 16.5. The van der Waals surface area contributed by atoms with E-state index in [1.165, 1.54) is 38.5 Å². The van der Waals surface area contributed by atoms with E-state index >= 15 is 0 Å². The number of hydrogen-bond donors (Lipinski definition) is 1. The molecule has 1 aromatic rings. The van der Waals surface area contributed by atoms with E-state index in [1.807, 2.05) is 0 Å². The number of nitrogens with zero attached hydrogens (tertiary/aromatic N) is 2. The molecule has 0 aliphatic heterocycles. The maximum absolute atomic E-state index is 5.94. The summed E-state index contributed by atoms with van der Waals surface area (Å²) in [6, 6.07) is 0.322. The normalized spacial score (nSPS) is 30.5. The summed E-state index contributed by atoms with van der Waals surface area (Å²) < 4.78 is 5.47. The second kappa shape index (κ2) is 5.39. The number of rotatable bonds is 2. The Kier molecular flexibility index (Phi) is 3.64. The molecule has 0 saturated heterocycles. The number of aromatic nitrogens is 2. The van der Waals surface area contributed by atoms with Gasteiger partial charge in [-0.25, -0.2) is 0 Å². The van der Waals surface area contributed by atoms with Gasteiger partial charge in [-0.1, -0.05) is 30.8 Å². The summed E-state index contributed by atoms with van der Waals surface area (Å²) in [6.45, 7) is 0. The molecule has 4 heteroatoms. The molecule has 0 unspecified atom stereocenters. The van der Waals surface area contributed by atoms with Gasteiger partial charge < -0.3 is 10.3 Å². The van der Waals surface area contributed by atoms with E-state index in [1.54, 1.807) is 0 Å². The summed E-state index contributed by atoms with van der Waals surface area (Å²) in [6.07, 6.45) is 11.0. The lowest BCUT2D eigenvalue weighted by Crippen LogP contribution is -2.14. The van der Waals surface area contributed by atoms with Crippen LogP contribution >= 0.6 is 0 Å². The van der Waals surface area contributed by atoms with Gasteiger partial charge in [0.1, 0.15) is 0 Å². The summed E-state index contributed by atoms with van der Waals surface area (Å²) in [5.41, 5.74) is 5.94. The largest absolute Gasteiger partial charge is 0.339 e. The van der Waals surface area contributed by atoms with Crippen LogP contribution in [0.15, 0.2) is 4.52 Å². The van der Waals surface area contributed by atoms with Crippen molar-refractivity contribution in [1.29, 1.82) is 0 Å². The Balaban J connectivity index is 1.68. The van der Waals surface area contributed by atoms with E-state index < -0.39 is 0 Å². The van der Waals surface area contributed by atoms with Gasteiger partial charge in [-0.15, -0.1) is 0 Å². The molecular formula is C14H23N3O. The van der Waals surface area contributed by atoms with Gasteiger partial charge in [0.15, 0.2) is 5.82 Å². The van der Waals surface area contributed by atoms with Crippen LogP contribution in [0.1, 0.15) is 81.3 Å². The van der Waals surface area contributed by atoms with Crippen LogP contribution in [0.4, 0.5) is 0 Å². The molecule has 2 N–H and O–H groups in total. The Morgan fingerprint density at radius 1 is 0.944 bits per heavy atom. The fraction of sp³-hybridized carbons (Fsp3) is 0.857. The SMILES string of the molecule is N[C@H]1CC[C@@H](c2nc(C3CCCCCC3)no2)C1. The molecule has 18 heavy (non-hydrogen) atoms. The Labute approximate surface area is 108 Å². The van der Waals surface area contributed by atoms with Crippen LogP contribution in [0.25, 0.3) is 0 Å². The van der Waals surface area contributed by atoms with Gasteiger partial charge in [-0.2, -0.15) is 4.98 Å². The monoisotopic (exact) mass is 249 g/mol. The van der Waals surface area contributed by atoms with Crippen molar-refractivity contribution in [3.8, 4) is 0 Å². The van der Waals surface area contributed by atoms with Crippen LogP contribution in [0.3, 0.4) is 0 Å². The molecule has 1 heterocycles. The van der Waals surface area contributed by atoms with Gasteiger partial charge in [0.2, 0.25) is 5.89 Å². The molecule has 100 valence electrons. The lowest BCUT2D eigenvalue weighted by atomic mass is 10.00. The van der Waals surface area contributed by atoms with Crippen molar-refractivity contribution in [2.75, 3.05) is 0 Å². The Morgan fingerprint density at radius 2 is 1.72 bits per heavy atom. The number of hydrogen-bond acceptors (Lipinski definition) is 4. The Bertz CT molecular complexity index is 382. The molecule has 2 fully saturated rings.